The molecule has 0 saturated carbocycles. The van der Waals surface area contributed by atoms with Crippen LogP contribution < -0.4 is 5.73 Å². The number of rotatable bonds is 3. The Kier molecular flexibility index (Phi) is 5.14. The van der Waals surface area contributed by atoms with E-state index in [4.69, 9.17) is 10.5 Å². The smallest absolute Gasteiger partial charge is 0.229 e. The second-order valence-electron chi connectivity index (χ2n) is 8.20. The second-order valence-corrected chi connectivity index (χ2v) is 8.20. The quantitative estimate of drug-likeness (QED) is 0.861. The molecule has 28 heavy (non-hydrogen) atoms. The summed E-state index contributed by atoms with van der Waals surface area (Å²) >= 11 is 0. The molecule has 1 fully saturated rings. The van der Waals surface area contributed by atoms with Crippen LogP contribution in [0.3, 0.4) is 0 Å². The van der Waals surface area contributed by atoms with Gasteiger partial charge in [0.05, 0.1) is 12.6 Å². The van der Waals surface area contributed by atoms with Gasteiger partial charge in [-0.2, -0.15) is 0 Å². The van der Waals surface area contributed by atoms with Crippen LogP contribution >= 0.6 is 0 Å². The van der Waals surface area contributed by atoms with Crippen LogP contribution in [0.25, 0.3) is 0 Å². The van der Waals surface area contributed by atoms with Gasteiger partial charge in [-0.25, -0.2) is 8.78 Å². The van der Waals surface area contributed by atoms with Gasteiger partial charge in [0.2, 0.25) is 5.91 Å². The van der Waals surface area contributed by atoms with Crippen molar-refractivity contribution in [2.75, 3.05) is 19.7 Å². The molecule has 0 aromatic heterocycles. The van der Waals surface area contributed by atoms with Crippen LogP contribution in [0.15, 0.2) is 29.6 Å². The third-order valence-corrected chi connectivity index (χ3v) is 6.03. The Balaban J connectivity index is 1.47. The first-order valence-corrected chi connectivity index (χ1v) is 9.99. The van der Waals surface area contributed by atoms with E-state index in [1.54, 1.807) is 0 Å². The van der Waals surface area contributed by atoms with Gasteiger partial charge in [-0.15, -0.1) is 0 Å². The maximum atomic E-state index is 14.1. The molecule has 3 heterocycles. The topological polar surface area (TPSA) is 58.8 Å². The Labute approximate surface area is 164 Å². The summed E-state index contributed by atoms with van der Waals surface area (Å²) in [6.45, 7) is 5.82. The Bertz CT molecular complexity index is 811. The molecular weight excluding hydrogens is 364 g/mol. The lowest BCUT2D eigenvalue weighted by atomic mass is 9.93. The lowest BCUT2D eigenvalue weighted by Crippen LogP contribution is -2.48. The highest BCUT2D eigenvalue weighted by Crippen LogP contribution is 2.39. The molecule has 3 aliphatic rings. The first kappa shape index (κ1) is 19.3. The predicted molar refractivity (Wildman–Crippen MR) is 101 cm³/mol. The zero-order valence-electron chi connectivity index (χ0n) is 16.3. The summed E-state index contributed by atoms with van der Waals surface area (Å²) in [7, 11) is 0. The summed E-state index contributed by atoms with van der Waals surface area (Å²) in [4.78, 5) is 16.7. The van der Waals surface area contributed by atoms with Crippen molar-refractivity contribution in [2.24, 2.45) is 11.7 Å². The Morgan fingerprint density at radius 2 is 1.96 bits per heavy atom. The number of hydrogen-bond acceptors (Lipinski definition) is 4. The van der Waals surface area contributed by atoms with Crippen LogP contribution in [0, 0.1) is 17.6 Å². The number of halogens is 2. The lowest BCUT2D eigenvalue weighted by Gasteiger charge is -2.40. The van der Waals surface area contributed by atoms with E-state index < -0.39 is 23.8 Å². The fourth-order valence-electron chi connectivity index (χ4n) is 4.67. The molecule has 2 N–H and O–H groups in total. The largest absolute Gasteiger partial charge is 0.370 e. The molecule has 1 aromatic carbocycles. The minimum atomic E-state index is -0.648. The first-order chi connectivity index (χ1) is 13.4. The maximum Gasteiger partial charge on any atom is 0.229 e. The van der Waals surface area contributed by atoms with E-state index in [9.17, 15) is 13.6 Å². The van der Waals surface area contributed by atoms with E-state index in [1.807, 2.05) is 18.7 Å². The molecule has 0 aliphatic carbocycles. The Morgan fingerprint density at radius 3 is 2.68 bits per heavy atom. The zero-order chi connectivity index (χ0) is 20.0. The van der Waals surface area contributed by atoms with Crippen LogP contribution in [0.5, 0.6) is 0 Å². The second kappa shape index (κ2) is 7.44. The molecule has 7 heteroatoms. The molecule has 4 rings (SSSR count). The Hall–Kier alpha value is -1.99. The van der Waals surface area contributed by atoms with Crippen molar-refractivity contribution in [3.8, 4) is 0 Å². The summed E-state index contributed by atoms with van der Waals surface area (Å²) < 4.78 is 33.6. The standard InChI is InChI=1S/C21H27F2N3O2/c1-12(2)21(27)26-8-6-18-19(26)5-7-25(18)14-10-17(24)20(28-11-14)15-9-13(22)3-4-16(15)23/h3-4,9,12,14,17,20H,5-8,10-11,24H2,1-2H3/t14-,17+,20-/m1/s1. The van der Waals surface area contributed by atoms with Crippen LogP contribution in [0.4, 0.5) is 8.78 Å². The molecular formula is C21H27F2N3O2. The van der Waals surface area contributed by atoms with E-state index in [1.165, 1.54) is 11.8 Å². The third-order valence-electron chi connectivity index (χ3n) is 6.03. The highest BCUT2D eigenvalue weighted by Gasteiger charge is 2.41. The zero-order valence-corrected chi connectivity index (χ0v) is 16.3. The molecule has 0 bridgehead atoms. The highest BCUT2D eigenvalue weighted by atomic mass is 19.1. The molecule has 1 aromatic rings. The molecule has 1 saturated heterocycles. The van der Waals surface area contributed by atoms with Crippen molar-refractivity contribution in [1.82, 2.24) is 9.80 Å². The van der Waals surface area contributed by atoms with E-state index in [2.05, 4.69) is 4.90 Å². The lowest BCUT2D eigenvalue weighted by molar-refractivity contribution is -0.132. The van der Waals surface area contributed by atoms with Gasteiger partial charge < -0.3 is 20.3 Å². The van der Waals surface area contributed by atoms with Gasteiger partial charge in [0.1, 0.15) is 17.7 Å². The molecule has 152 valence electrons. The predicted octanol–water partition coefficient (Wildman–Crippen LogP) is 2.93. The average molecular weight is 391 g/mol. The van der Waals surface area contributed by atoms with Crippen molar-refractivity contribution in [3.05, 3.63) is 46.8 Å². The minimum absolute atomic E-state index is 0.0192. The van der Waals surface area contributed by atoms with Crippen molar-refractivity contribution in [3.63, 3.8) is 0 Å². The fourth-order valence-corrected chi connectivity index (χ4v) is 4.67. The first-order valence-electron chi connectivity index (χ1n) is 9.99. The van der Waals surface area contributed by atoms with Crippen LogP contribution in [-0.2, 0) is 9.53 Å². The number of hydrogen-bond donors (Lipinski definition) is 1. The Morgan fingerprint density at radius 1 is 1.21 bits per heavy atom. The number of benzene rings is 1. The van der Waals surface area contributed by atoms with Gasteiger partial charge in [-0.3, -0.25) is 4.79 Å². The van der Waals surface area contributed by atoms with Crippen LogP contribution in [0.1, 0.15) is 44.8 Å². The monoisotopic (exact) mass is 391 g/mol. The summed E-state index contributed by atoms with van der Waals surface area (Å²) in [5, 5.41) is 0. The van der Waals surface area contributed by atoms with E-state index in [0.717, 1.165) is 43.8 Å². The molecule has 3 aliphatic heterocycles. The normalized spacial score (nSPS) is 27.7. The molecule has 0 spiro atoms. The molecule has 0 radical (unpaired) electrons. The summed E-state index contributed by atoms with van der Waals surface area (Å²) in [5.74, 6) is -0.839. The number of nitrogens with zero attached hydrogens (tertiary/aromatic N) is 2. The van der Waals surface area contributed by atoms with Gasteiger partial charge in [0.15, 0.2) is 0 Å². The van der Waals surface area contributed by atoms with Gasteiger partial charge in [0, 0.05) is 54.8 Å². The summed E-state index contributed by atoms with van der Waals surface area (Å²) in [5.41, 5.74) is 8.84. The SMILES string of the molecule is CC(C)C(=O)N1CCC2=C1CCN2[C@H]1CO[C@H](c2cc(F)ccc2F)[C@@H](N)C1. The van der Waals surface area contributed by atoms with Crippen LogP contribution in [0.2, 0.25) is 0 Å². The third kappa shape index (κ3) is 3.31. The van der Waals surface area contributed by atoms with E-state index in [0.29, 0.717) is 13.0 Å². The van der Waals surface area contributed by atoms with Crippen molar-refractivity contribution in [2.45, 2.75) is 51.3 Å². The van der Waals surface area contributed by atoms with Gasteiger partial charge in [-0.1, -0.05) is 13.8 Å². The number of carbonyl (C=O) groups is 1. The summed E-state index contributed by atoms with van der Waals surface area (Å²) in [6.07, 6.45) is 1.68. The summed E-state index contributed by atoms with van der Waals surface area (Å²) in [6, 6.07) is 3.05. The fraction of sp³-hybridized carbons (Fsp3) is 0.571. The van der Waals surface area contributed by atoms with E-state index >= 15 is 0 Å². The van der Waals surface area contributed by atoms with Gasteiger partial charge in [-0.05, 0) is 24.6 Å². The van der Waals surface area contributed by atoms with Crippen LogP contribution in [-0.4, -0.2) is 47.5 Å². The van der Waals surface area contributed by atoms with Crippen molar-refractivity contribution < 1.29 is 18.3 Å². The van der Waals surface area contributed by atoms with Gasteiger partial charge in [0.25, 0.3) is 0 Å². The van der Waals surface area contributed by atoms with Crippen molar-refractivity contribution >= 4 is 5.91 Å². The molecule has 1 amide bonds. The highest BCUT2D eigenvalue weighted by molar-refractivity contribution is 5.80. The number of amides is 1. The maximum absolute atomic E-state index is 14.1. The molecule has 5 nitrogen and oxygen atoms in total. The molecule has 0 unspecified atom stereocenters. The van der Waals surface area contributed by atoms with Crippen molar-refractivity contribution in [1.29, 1.82) is 0 Å². The van der Waals surface area contributed by atoms with Gasteiger partial charge >= 0.3 is 0 Å². The number of carbonyl (C=O) groups excluding carboxylic acids is 1. The number of nitrogens with two attached hydrogens (primary N) is 1. The van der Waals surface area contributed by atoms with E-state index in [-0.39, 0.29) is 23.4 Å². The minimum Gasteiger partial charge on any atom is -0.370 e. The average Bonchev–Trinajstić information content (AvgIpc) is 3.25. The number of ether oxygens (including phenoxy) is 1. The molecule has 3 atom stereocenters.